The molecule has 196 valence electrons. The van der Waals surface area contributed by atoms with Crippen LogP contribution in [0.2, 0.25) is 0 Å². The van der Waals surface area contributed by atoms with Crippen LogP contribution in [-0.2, 0) is 11.8 Å². The van der Waals surface area contributed by atoms with Gasteiger partial charge in [0.05, 0.1) is 11.3 Å². The number of aliphatic hydroxyl groups is 1. The van der Waals surface area contributed by atoms with Crippen molar-refractivity contribution in [2.45, 2.75) is 74.9 Å². The summed E-state index contributed by atoms with van der Waals surface area (Å²) >= 11 is 0. The zero-order chi connectivity index (χ0) is 26.1. The van der Waals surface area contributed by atoms with Gasteiger partial charge in [-0.3, -0.25) is 4.79 Å². The molecule has 2 fully saturated rings. The van der Waals surface area contributed by atoms with E-state index in [4.69, 9.17) is 10.2 Å². The number of fused-ring (bicyclic) bond motifs is 5. The first kappa shape index (κ1) is 24.8. The monoisotopic (exact) mass is 519 g/mol. The molecule has 36 heavy (non-hydrogen) atoms. The van der Waals surface area contributed by atoms with E-state index in [1.54, 1.807) is 0 Å². The highest BCUT2D eigenvalue weighted by Gasteiger charge is 2.60. The van der Waals surface area contributed by atoms with Crippen LogP contribution in [0.1, 0.15) is 73.3 Å². The third-order valence-electron chi connectivity index (χ3n) is 7.31. The summed E-state index contributed by atoms with van der Waals surface area (Å²) in [7, 11) is 0. The molecule has 2 saturated carbocycles. The number of amides is 1. The van der Waals surface area contributed by atoms with E-state index in [0.717, 1.165) is 12.8 Å². The van der Waals surface area contributed by atoms with Crippen molar-refractivity contribution < 1.29 is 40.7 Å². The highest BCUT2D eigenvalue weighted by Crippen LogP contribution is 2.58. The number of carbonyl (C=O) groups excluding carboxylic acids is 1. The van der Waals surface area contributed by atoms with Gasteiger partial charge < -0.3 is 20.2 Å². The Morgan fingerprint density at radius 3 is 2.31 bits per heavy atom. The molecule has 1 atom stereocenters. The van der Waals surface area contributed by atoms with E-state index < -0.39 is 70.2 Å². The van der Waals surface area contributed by atoms with Crippen molar-refractivity contribution in [3.63, 3.8) is 0 Å². The molecule has 2 aromatic rings. The van der Waals surface area contributed by atoms with Crippen molar-refractivity contribution in [1.29, 1.82) is 0 Å². The van der Waals surface area contributed by atoms with E-state index in [2.05, 4.69) is 15.2 Å². The fraction of sp³-hybridized carbons (Fsp3) is 0.636. The topological polar surface area (TPSA) is 118 Å². The van der Waals surface area contributed by atoms with Crippen LogP contribution in [-0.4, -0.2) is 49.4 Å². The van der Waals surface area contributed by atoms with Gasteiger partial charge in [-0.25, -0.2) is 4.98 Å². The predicted molar refractivity (Wildman–Crippen MR) is 111 cm³/mol. The third kappa shape index (κ3) is 3.98. The smallest absolute Gasteiger partial charge is 0.416 e. The summed E-state index contributed by atoms with van der Waals surface area (Å²) in [6.07, 6.45) is -7.66. The Morgan fingerprint density at radius 2 is 1.72 bits per heavy atom. The molecular weight excluding hydrogens is 496 g/mol. The maximum absolute atomic E-state index is 13.9. The SMILES string of the molecule is Nc1cc(C(F)(F)F)c2nc1-c1nnc(o1)C(O)(C(F)(F)F)CCCCCN(C1(C3CC3)CC1)C2=O. The van der Waals surface area contributed by atoms with Crippen LogP contribution in [0.5, 0.6) is 0 Å². The molecule has 5 rings (SSSR count). The number of aromatic nitrogens is 3. The van der Waals surface area contributed by atoms with Crippen LogP contribution >= 0.6 is 0 Å². The molecular formula is C22H23F6N5O3. The summed E-state index contributed by atoms with van der Waals surface area (Å²) in [5.74, 6) is -2.67. The van der Waals surface area contributed by atoms with Crippen molar-refractivity contribution in [3.05, 3.63) is 23.2 Å². The highest BCUT2D eigenvalue weighted by molar-refractivity contribution is 5.96. The van der Waals surface area contributed by atoms with Crippen molar-refractivity contribution >= 4 is 11.6 Å². The Hall–Kier alpha value is -2.90. The molecule has 0 saturated heterocycles. The fourth-order valence-corrected chi connectivity index (χ4v) is 5.06. The molecule has 4 bridgehead atoms. The Kier molecular flexibility index (Phi) is 5.54. The molecule has 2 aliphatic carbocycles. The predicted octanol–water partition coefficient (Wildman–Crippen LogP) is 4.44. The van der Waals surface area contributed by atoms with Gasteiger partial charge in [-0.2, -0.15) is 26.3 Å². The molecule has 2 aromatic heterocycles. The summed E-state index contributed by atoms with van der Waals surface area (Å²) in [5.41, 5.74) is -1.76. The van der Waals surface area contributed by atoms with E-state index in [9.17, 15) is 36.2 Å². The minimum atomic E-state index is -5.16. The number of carbonyl (C=O) groups is 1. The van der Waals surface area contributed by atoms with Crippen molar-refractivity contribution in [2.24, 2.45) is 5.92 Å². The number of rotatable bonds is 2. The van der Waals surface area contributed by atoms with Crippen molar-refractivity contribution in [3.8, 4) is 11.6 Å². The third-order valence-corrected chi connectivity index (χ3v) is 7.31. The van der Waals surface area contributed by atoms with E-state index in [0.29, 0.717) is 18.9 Å². The number of nitrogen functional groups attached to an aromatic ring is 1. The lowest BCUT2D eigenvalue weighted by Crippen LogP contribution is -2.45. The van der Waals surface area contributed by atoms with E-state index in [-0.39, 0.29) is 31.7 Å². The lowest BCUT2D eigenvalue weighted by atomic mass is 9.95. The molecule has 0 aromatic carbocycles. The summed E-state index contributed by atoms with van der Waals surface area (Å²) in [6, 6.07) is 0.496. The van der Waals surface area contributed by atoms with Gasteiger partial charge >= 0.3 is 12.4 Å². The first-order chi connectivity index (χ1) is 16.8. The molecule has 0 radical (unpaired) electrons. The molecule has 0 spiro atoms. The van der Waals surface area contributed by atoms with Gasteiger partial charge in [0.1, 0.15) is 5.69 Å². The molecule has 1 unspecified atom stereocenters. The lowest BCUT2D eigenvalue weighted by Gasteiger charge is -2.33. The van der Waals surface area contributed by atoms with Crippen LogP contribution in [0.3, 0.4) is 0 Å². The zero-order valence-corrected chi connectivity index (χ0v) is 18.9. The van der Waals surface area contributed by atoms with Crippen molar-refractivity contribution in [2.75, 3.05) is 12.3 Å². The molecule has 1 amide bonds. The minimum absolute atomic E-state index is 0.0524. The van der Waals surface area contributed by atoms with Crippen LogP contribution in [0.25, 0.3) is 11.6 Å². The standard InChI is InChI=1S/C22H23F6N5O3/c23-21(24,25)12-10-13(29)15-16-31-32-18(36-16)20(35,22(26,27)28)6-2-1-3-9-33(17(34)14(12)30-15)19(7-8-19)11-4-5-11/h10-11,35H,1-9,29H2. The Morgan fingerprint density at radius 1 is 1.03 bits per heavy atom. The fourth-order valence-electron chi connectivity index (χ4n) is 5.06. The van der Waals surface area contributed by atoms with Gasteiger partial charge in [-0.15, -0.1) is 10.2 Å². The maximum Gasteiger partial charge on any atom is 0.426 e. The second-order valence-corrected chi connectivity index (χ2v) is 9.74. The summed E-state index contributed by atoms with van der Waals surface area (Å²) in [5, 5.41) is 17.3. The van der Waals surface area contributed by atoms with E-state index in [1.165, 1.54) is 4.90 Å². The second-order valence-electron chi connectivity index (χ2n) is 9.74. The summed E-state index contributed by atoms with van der Waals surface area (Å²) in [6.45, 7) is 0.0524. The summed E-state index contributed by atoms with van der Waals surface area (Å²) < 4.78 is 88.4. The number of hydrogen-bond donors (Lipinski definition) is 2. The number of hydrogen-bond acceptors (Lipinski definition) is 7. The average molecular weight is 519 g/mol. The molecule has 3 aliphatic rings. The van der Waals surface area contributed by atoms with Gasteiger partial charge in [0.15, 0.2) is 5.69 Å². The van der Waals surface area contributed by atoms with Gasteiger partial charge in [-0.05, 0) is 56.9 Å². The molecule has 8 nitrogen and oxygen atoms in total. The van der Waals surface area contributed by atoms with Crippen molar-refractivity contribution in [1.82, 2.24) is 20.1 Å². The van der Waals surface area contributed by atoms with Crippen LogP contribution in [0, 0.1) is 5.92 Å². The number of halogens is 6. The second kappa shape index (κ2) is 8.05. The maximum atomic E-state index is 13.9. The number of nitrogens with zero attached hydrogens (tertiary/aromatic N) is 4. The van der Waals surface area contributed by atoms with Crippen LogP contribution < -0.4 is 5.73 Å². The highest BCUT2D eigenvalue weighted by atomic mass is 19.4. The van der Waals surface area contributed by atoms with Gasteiger partial charge in [-0.1, -0.05) is 6.42 Å². The van der Waals surface area contributed by atoms with Crippen LogP contribution in [0.4, 0.5) is 32.0 Å². The van der Waals surface area contributed by atoms with Crippen LogP contribution in [0.15, 0.2) is 10.5 Å². The molecule has 14 heteroatoms. The number of anilines is 1. The van der Waals surface area contributed by atoms with E-state index >= 15 is 0 Å². The summed E-state index contributed by atoms with van der Waals surface area (Å²) in [4.78, 5) is 18.9. The average Bonchev–Trinajstić information content (AvgIpc) is 3.71. The first-order valence-corrected chi connectivity index (χ1v) is 11.6. The van der Waals surface area contributed by atoms with Gasteiger partial charge in [0.25, 0.3) is 17.7 Å². The molecule has 3 heterocycles. The van der Waals surface area contributed by atoms with E-state index in [1.807, 2.05) is 0 Å². The van der Waals surface area contributed by atoms with Gasteiger partial charge in [0.2, 0.25) is 5.60 Å². The number of alkyl halides is 6. The normalized spacial score (nSPS) is 25.0. The Bertz CT molecular complexity index is 1190. The molecule has 3 N–H and O–H groups in total. The largest absolute Gasteiger partial charge is 0.426 e. The first-order valence-electron chi connectivity index (χ1n) is 11.6. The minimum Gasteiger partial charge on any atom is -0.416 e. The quantitative estimate of drug-likeness (QED) is 0.563. The number of nitrogens with two attached hydrogens (primary N) is 1. The molecule has 1 aliphatic heterocycles. The Labute approximate surface area is 200 Å². The zero-order valence-electron chi connectivity index (χ0n) is 18.9. The Balaban J connectivity index is 1.67. The number of pyridine rings is 1. The van der Waals surface area contributed by atoms with Gasteiger partial charge in [0, 0.05) is 12.1 Å². The lowest BCUT2D eigenvalue weighted by molar-refractivity contribution is -0.277.